The lowest BCUT2D eigenvalue weighted by Gasteiger charge is -2.34. The molecule has 0 saturated heterocycles. The normalized spacial score (nSPS) is 17.9. The number of nitrogens with one attached hydrogen (secondary N) is 1. The Kier molecular flexibility index (Phi) is 3.56. The smallest absolute Gasteiger partial charge is 0.252 e. The average Bonchev–Trinajstić information content (AvgIpc) is 3.10. The molecule has 0 unspecified atom stereocenters. The van der Waals surface area contributed by atoms with Crippen LogP contribution in [0.25, 0.3) is 11.4 Å². The van der Waals surface area contributed by atoms with Gasteiger partial charge in [0.1, 0.15) is 5.54 Å². The maximum absolute atomic E-state index is 11.5. The Morgan fingerprint density at radius 1 is 1.40 bits per heavy atom. The molecule has 5 nitrogen and oxygen atoms in total. The Labute approximate surface area is 121 Å². The van der Waals surface area contributed by atoms with Crippen molar-refractivity contribution in [2.24, 2.45) is 0 Å². The van der Waals surface area contributed by atoms with Gasteiger partial charge in [-0.25, -0.2) is 0 Å². The van der Waals surface area contributed by atoms with Crippen molar-refractivity contribution in [1.82, 2.24) is 15.5 Å². The van der Waals surface area contributed by atoms with Crippen LogP contribution in [0, 0.1) is 0 Å². The summed E-state index contributed by atoms with van der Waals surface area (Å²) in [6, 6.07) is 1.96. The molecule has 0 radical (unpaired) electrons. The van der Waals surface area contributed by atoms with Crippen molar-refractivity contribution in [1.29, 1.82) is 0 Å². The Hall–Kier alpha value is -1.69. The minimum Gasteiger partial charge on any atom is -0.342 e. The second kappa shape index (κ2) is 5.36. The molecule has 2 aromatic heterocycles. The van der Waals surface area contributed by atoms with Crippen molar-refractivity contribution in [2.75, 3.05) is 0 Å². The maximum Gasteiger partial charge on any atom is 0.252 e. The van der Waals surface area contributed by atoms with Gasteiger partial charge in [0.2, 0.25) is 11.7 Å². The Bertz CT molecular complexity index is 585. The van der Waals surface area contributed by atoms with E-state index in [0.717, 1.165) is 31.2 Å². The molecular weight excluding hydrogens is 274 g/mol. The van der Waals surface area contributed by atoms with E-state index in [1.807, 2.05) is 16.8 Å². The number of hydrogen-bond donors (Lipinski definition) is 1. The van der Waals surface area contributed by atoms with Crippen LogP contribution in [0.5, 0.6) is 0 Å². The molecule has 1 fully saturated rings. The van der Waals surface area contributed by atoms with Crippen LogP contribution in [-0.2, 0) is 10.3 Å². The number of nitrogens with zero attached hydrogens (tertiary/aromatic N) is 2. The highest BCUT2D eigenvalue weighted by Gasteiger charge is 2.40. The first-order valence-electron chi connectivity index (χ1n) is 6.85. The third-order valence-corrected chi connectivity index (χ3v) is 4.42. The van der Waals surface area contributed by atoms with Crippen LogP contribution in [0.1, 0.15) is 44.9 Å². The first-order valence-corrected chi connectivity index (χ1v) is 7.79. The zero-order valence-electron chi connectivity index (χ0n) is 11.4. The maximum atomic E-state index is 11.5. The number of rotatable bonds is 3. The minimum absolute atomic E-state index is 0.0535. The van der Waals surface area contributed by atoms with Crippen LogP contribution in [0.2, 0.25) is 0 Å². The van der Waals surface area contributed by atoms with Gasteiger partial charge >= 0.3 is 0 Å². The van der Waals surface area contributed by atoms with Gasteiger partial charge in [0.05, 0.1) is 0 Å². The summed E-state index contributed by atoms with van der Waals surface area (Å²) in [5.74, 6) is 1.08. The van der Waals surface area contributed by atoms with E-state index in [4.69, 9.17) is 4.52 Å². The molecular formula is C14H17N3O2S. The minimum atomic E-state index is -0.481. The van der Waals surface area contributed by atoms with E-state index >= 15 is 0 Å². The summed E-state index contributed by atoms with van der Waals surface area (Å²) in [7, 11) is 0. The van der Waals surface area contributed by atoms with Crippen LogP contribution >= 0.6 is 11.3 Å². The molecule has 1 N–H and O–H groups in total. The zero-order chi connectivity index (χ0) is 14.0. The summed E-state index contributed by atoms with van der Waals surface area (Å²) < 4.78 is 5.46. The fraction of sp³-hybridized carbons (Fsp3) is 0.500. The summed E-state index contributed by atoms with van der Waals surface area (Å²) in [4.78, 5) is 16.0. The molecule has 1 aliphatic carbocycles. The van der Waals surface area contributed by atoms with Gasteiger partial charge in [0.15, 0.2) is 0 Å². The summed E-state index contributed by atoms with van der Waals surface area (Å²) in [5.41, 5.74) is 0.476. The van der Waals surface area contributed by atoms with Crippen LogP contribution in [0.4, 0.5) is 0 Å². The molecule has 0 aromatic carbocycles. The van der Waals surface area contributed by atoms with Gasteiger partial charge in [0, 0.05) is 17.9 Å². The lowest BCUT2D eigenvalue weighted by Crippen LogP contribution is -2.46. The van der Waals surface area contributed by atoms with E-state index in [2.05, 4.69) is 15.5 Å². The Morgan fingerprint density at radius 2 is 2.20 bits per heavy atom. The van der Waals surface area contributed by atoms with Crippen molar-refractivity contribution in [2.45, 2.75) is 44.6 Å². The number of hydrogen-bond acceptors (Lipinski definition) is 5. The number of carbonyl (C=O) groups excluding carboxylic acids is 1. The lowest BCUT2D eigenvalue weighted by atomic mass is 9.81. The molecule has 0 aliphatic heterocycles. The van der Waals surface area contributed by atoms with Gasteiger partial charge in [-0.2, -0.15) is 16.3 Å². The highest BCUT2D eigenvalue weighted by molar-refractivity contribution is 7.08. The van der Waals surface area contributed by atoms with Crippen molar-refractivity contribution < 1.29 is 9.32 Å². The molecule has 1 amide bonds. The predicted molar refractivity (Wildman–Crippen MR) is 76.2 cm³/mol. The van der Waals surface area contributed by atoms with Crippen LogP contribution in [0.3, 0.4) is 0 Å². The number of aromatic nitrogens is 2. The average molecular weight is 291 g/mol. The first-order chi connectivity index (χ1) is 9.70. The molecule has 0 bridgehead atoms. The molecule has 0 spiro atoms. The molecule has 6 heteroatoms. The van der Waals surface area contributed by atoms with Crippen molar-refractivity contribution >= 4 is 17.2 Å². The molecule has 1 saturated carbocycles. The van der Waals surface area contributed by atoms with Gasteiger partial charge in [-0.1, -0.05) is 24.4 Å². The summed E-state index contributed by atoms with van der Waals surface area (Å²) in [6.45, 7) is 1.53. The molecule has 1 aliphatic rings. The summed E-state index contributed by atoms with van der Waals surface area (Å²) in [6.07, 6.45) is 5.04. The van der Waals surface area contributed by atoms with Gasteiger partial charge in [-0.15, -0.1) is 0 Å². The van der Waals surface area contributed by atoms with Crippen LogP contribution < -0.4 is 5.32 Å². The lowest BCUT2D eigenvalue weighted by molar-refractivity contribution is -0.121. The SMILES string of the molecule is CC(=O)NC1(c2nc(-c3ccsc3)no2)CCCCC1. The molecule has 2 aromatic rings. The third-order valence-electron chi connectivity index (χ3n) is 3.74. The fourth-order valence-corrected chi connectivity index (χ4v) is 3.45. The van der Waals surface area contributed by atoms with Crippen molar-refractivity contribution in [3.05, 3.63) is 22.7 Å². The topological polar surface area (TPSA) is 68.0 Å². The van der Waals surface area contributed by atoms with E-state index in [1.165, 1.54) is 13.3 Å². The Morgan fingerprint density at radius 3 is 2.85 bits per heavy atom. The quantitative estimate of drug-likeness (QED) is 0.943. The van der Waals surface area contributed by atoms with Gasteiger partial charge < -0.3 is 9.84 Å². The highest BCUT2D eigenvalue weighted by Crippen LogP contribution is 2.37. The van der Waals surface area contributed by atoms with E-state index in [0.29, 0.717) is 11.7 Å². The van der Waals surface area contributed by atoms with Gasteiger partial charge in [0.25, 0.3) is 5.89 Å². The monoisotopic (exact) mass is 291 g/mol. The second-order valence-corrected chi connectivity index (χ2v) is 6.04. The molecule has 20 heavy (non-hydrogen) atoms. The van der Waals surface area contributed by atoms with Gasteiger partial charge in [-0.05, 0) is 24.3 Å². The molecule has 3 rings (SSSR count). The van der Waals surface area contributed by atoms with Crippen LogP contribution in [0.15, 0.2) is 21.3 Å². The third kappa shape index (κ3) is 2.47. The second-order valence-electron chi connectivity index (χ2n) is 5.26. The predicted octanol–water partition coefficient (Wildman–Crippen LogP) is 3.09. The van der Waals surface area contributed by atoms with E-state index < -0.39 is 5.54 Å². The van der Waals surface area contributed by atoms with Crippen LogP contribution in [-0.4, -0.2) is 16.0 Å². The fourth-order valence-electron chi connectivity index (χ4n) is 2.81. The van der Waals surface area contributed by atoms with Crippen molar-refractivity contribution in [3.8, 4) is 11.4 Å². The highest BCUT2D eigenvalue weighted by atomic mass is 32.1. The summed E-state index contributed by atoms with van der Waals surface area (Å²) in [5, 5.41) is 11.1. The Balaban J connectivity index is 1.93. The molecule has 2 heterocycles. The number of carbonyl (C=O) groups is 1. The largest absolute Gasteiger partial charge is 0.342 e. The standard InChI is InChI=1S/C14H17N3O2S/c1-10(18)16-14(6-3-2-4-7-14)13-15-12(17-19-13)11-5-8-20-9-11/h5,8-9H,2-4,6-7H2,1H3,(H,16,18). The molecule has 0 atom stereocenters. The zero-order valence-corrected chi connectivity index (χ0v) is 12.2. The van der Waals surface area contributed by atoms with E-state index in [1.54, 1.807) is 11.3 Å². The first kappa shape index (κ1) is 13.3. The van der Waals surface area contributed by atoms with E-state index in [-0.39, 0.29) is 5.91 Å². The van der Waals surface area contributed by atoms with Gasteiger partial charge in [-0.3, -0.25) is 4.79 Å². The number of amides is 1. The summed E-state index contributed by atoms with van der Waals surface area (Å²) >= 11 is 1.60. The van der Waals surface area contributed by atoms with E-state index in [9.17, 15) is 4.79 Å². The number of thiophene rings is 1. The molecule has 106 valence electrons. The van der Waals surface area contributed by atoms with Crippen molar-refractivity contribution in [3.63, 3.8) is 0 Å².